The molecule has 36 heavy (non-hydrogen) atoms. The van der Waals surface area contributed by atoms with Gasteiger partial charge in [-0.25, -0.2) is 14.0 Å². The van der Waals surface area contributed by atoms with E-state index in [-0.39, 0.29) is 11.3 Å². The Hall–Kier alpha value is -4.91. The van der Waals surface area contributed by atoms with Crippen molar-refractivity contribution in [2.75, 3.05) is 0 Å². The molecule has 0 saturated heterocycles. The Bertz CT molecular complexity index is 1300. The van der Waals surface area contributed by atoms with Gasteiger partial charge < -0.3 is 18.9 Å². The second kappa shape index (κ2) is 12.5. The first-order valence-electron chi connectivity index (χ1n) is 10.7. The van der Waals surface area contributed by atoms with E-state index in [1.807, 2.05) is 36.4 Å². The number of esters is 2. The summed E-state index contributed by atoms with van der Waals surface area (Å²) in [4.78, 5) is 22.3. The van der Waals surface area contributed by atoms with Gasteiger partial charge >= 0.3 is 11.9 Å². The zero-order chi connectivity index (χ0) is 25.9. The van der Waals surface area contributed by atoms with Crippen LogP contribution in [0.1, 0.15) is 6.92 Å². The fourth-order valence-electron chi connectivity index (χ4n) is 2.90. The highest BCUT2D eigenvalue weighted by molar-refractivity contribution is 5.87. The molecule has 0 aliphatic rings. The Labute approximate surface area is 208 Å². The van der Waals surface area contributed by atoms with Crippen LogP contribution in [0.15, 0.2) is 117 Å². The predicted molar refractivity (Wildman–Crippen MR) is 134 cm³/mol. The number of benzene rings is 3. The van der Waals surface area contributed by atoms with Gasteiger partial charge in [0.15, 0.2) is 11.6 Å². The summed E-state index contributed by atoms with van der Waals surface area (Å²) in [6.45, 7) is 8.27. The third-order valence-electron chi connectivity index (χ3n) is 4.72. The van der Waals surface area contributed by atoms with E-state index in [0.29, 0.717) is 11.3 Å². The van der Waals surface area contributed by atoms with Crippen molar-refractivity contribution in [1.29, 1.82) is 0 Å². The molecule has 182 valence electrons. The lowest BCUT2D eigenvalue weighted by Crippen LogP contribution is -1.99. The first-order chi connectivity index (χ1) is 17.4. The van der Waals surface area contributed by atoms with Crippen LogP contribution in [0.25, 0.3) is 22.3 Å². The van der Waals surface area contributed by atoms with Gasteiger partial charge in [-0.05, 0) is 53.4 Å². The average molecular weight is 486 g/mol. The molecule has 0 saturated carbocycles. The van der Waals surface area contributed by atoms with Crippen LogP contribution in [0.2, 0.25) is 0 Å². The van der Waals surface area contributed by atoms with E-state index in [2.05, 4.69) is 17.9 Å². The van der Waals surface area contributed by atoms with Gasteiger partial charge in [-0.15, -0.1) is 0 Å². The van der Waals surface area contributed by atoms with Gasteiger partial charge in [0.1, 0.15) is 30.8 Å². The molecule has 0 spiro atoms. The van der Waals surface area contributed by atoms with Gasteiger partial charge in [-0.3, -0.25) is 0 Å². The van der Waals surface area contributed by atoms with Gasteiger partial charge in [0.2, 0.25) is 0 Å². The molecule has 0 aliphatic carbocycles. The van der Waals surface area contributed by atoms with Crippen LogP contribution in [0.5, 0.6) is 11.5 Å². The van der Waals surface area contributed by atoms with Gasteiger partial charge in [0.05, 0.1) is 0 Å². The third-order valence-corrected chi connectivity index (χ3v) is 4.72. The minimum atomic E-state index is -0.598. The minimum absolute atomic E-state index is 0.00554. The largest absolute Gasteiger partial charge is 0.462 e. The maximum absolute atomic E-state index is 14.5. The van der Waals surface area contributed by atoms with Crippen LogP contribution >= 0.6 is 0 Å². The van der Waals surface area contributed by atoms with Crippen LogP contribution in [-0.2, 0) is 19.1 Å². The van der Waals surface area contributed by atoms with E-state index >= 15 is 0 Å². The Morgan fingerprint density at radius 3 is 1.86 bits per heavy atom. The Kier molecular flexibility index (Phi) is 8.94. The molecule has 0 aromatic heterocycles. The second-order valence-corrected chi connectivity index (χ2v) is 7.35. The molecular weight excluding hydrogens is 463 g/mol. The summed E-state index contributed by atoms with van der Waals surface area (Å²) in [5, 5.41) is 0. The van der Waals surface area contributed by atoms with Crippen LogP contribution in [-0.4, -0.2) is 11.9 Å². The summed E-state index contributed by atoms with van der Waals surface area (Å²) < 4.78 is 34.5. The molecule has 0 bridgehead atoms. The van der Waals surface area contributed by atoms with Gasteiger partial charge in [-0.1, -0.05) is 55.6 Å². The quantitative estimate of drug-likeness (QED) is 0.180. The summed E-state index contributed by atoms with van der Waals surface area (Å²) in [5.74, 6) is -1.16. The van der Waals surface area contributed by atoms with Crippen molar-refractivity contribution in [2.24, 2.45) is 0 Å². The van der Waals surface area contributed by atoms with Gasteiger partial charge in [0, 0.05) is 11.6 Å². The maximum atomic E-state index is 14.5. The summed E-state index contributed by atoms with van der Waals surface area (Å²) in [6, 6.07) is 19.6. The molecule has 0 aliphatic heterocycles. The lowest BCUT2D eigenvalue weighted by Gasteiger charge is -2.08. The van der Waals surface area contributed by atoms with Crippen molar-refractivity contribution in [3.63, 3.8) is 0 Å². The number of carbonyl (C=O) groups is 2. The normalized spacial score (nSPS) is 10.7. The van der Waals surface area contributed by atoms with Crippen LogP contribution < -0.4 is 9.47 Å². The van der Waals surface area contributed by atoms with Crippen molar-refractivity contribution in [3.8, 4) is 33.8 Å². The monoisotopic (exact) mass is 486 g/mol. The second-order valence-electron chi connectivity index (χ2n) is 7.35. The van der Waals surface area contributed by atoms with Crippen molar-refractivity contribution in [3.05, 3.63) is 122 Å². The molecular formula is C29H23FO6. The van der Waals surface area contributed by atoms with Crippen LogP contribution in [0, 0.1) is 5.82 Å². The lowest BCUT2D eigenvalue weighted by molar-refractivity contribution is -0.134. The smallest absolute Gasteiger partial charge is 0.338 e. The highest BCUT2D eigenvalue weighted by Gasteiger charge is 2.07. The Morgan fingerprint density at radius 2 is 1.28 bits per heavy atom. The number of ether oxygens (including phenoxy) is 4. The number of hydrogen-bond acceptors (Lipinski definition) is 6. The minimum Gasteiger partial charge on any atom is -0.462 e. The third kappa shape index (κ3) is 7.30. The molecule has 0 unspecified atom stereocenters. The van der Waals surface area contributed by atoms with Crippen molar-refractivity contribution in [2.45, 2.75) is 6.92 Å². The van der Waals surface area contributed by atoms with Crippen molar-refractivity contribution < 1.29 is 32.9 Å². The van der Waals surface area contributed by atoms with E-state index in [1.54, 1.807) is 18.2 Å². The molecule has 3 aromatic carbocycles. The maximum Gasteiger partial charge on any atom is 0.338 e. The summed E-state index contributed by atoms with van der Waals surface area (Å²) in [7, 11) is 0. The summed E-state index contributed by atoms with van der Waals surface area (Å²) >= 11 is 0. The zero-order valence-corrected chi connectivity index (χ0v) is 19.5. The van der Waals surface area contributed by atoms with E-state index in [1.165, 1.54) is 25.3 Å². The number of rotatable bonds is 10. The number of hydrogen-bond donors (Lipinski definition) is 0. The van der Waals surface area contributed by atoms with E-state index < -0.39 is 17.8 Å². The number of halogens is 1. The Morgan fingerprint density at radius 1 is 0.750 bits per heavy atom. The van der Waals surface area contributed by atoms with E-state index in [0.717, 1.165) is 41.6 Å². The molecule has 0 radical (unpaired) electrons. The lowest BCUT2D eigenvalue weighted by atomic mass is 10.00. The summed E-state index contributed by atoms with van der Waals surface area (Å²) in [5.41, 5.74) is 3.68. The summed E-state index contributed by atoms with van der Waals surface area (Å²) in [6.07, 6.45) is 5.56. The molecule has 0 fully saturated rings. The topological polar surface area (TPSA) is 71.1 Å². The predicted octanol–water partition coefficient (Wildman–Crippen LogP) is 6.71. The van der Waals surface area contributed by atoms with Crippen molar-refractivity contribution in [1.82, 2.24) is 0 Å². The molecule has 0 atom stereocenters. The molecule has 3 rings (SSSR count). The van der Waals surface area contributed by atoms with Crippen LogP contribution in [0.4, 0.5) is 4.39 Å². The first kappa shape index (κ1) is 25.7. The zero-order valence-electron chi connectivity index (χ0n) is 19.5. The van der Waals surface area contributed by atoms with Gasteiger partial charge in [0.25, 0.3) is 0 Å². The molecule has 0 heterocycles. The SMILES string of the molecule is C=CC(=O)OC=COc1ccc(-c2ccc(-c3ccc(OC=COC(=O)C(=C)C)c(F)c3)cc2)cc1. The fourth-order valence-corrected chi connectivity index (χ4v) is 2.90. The highest BCUT2D eigenvalue weighted by Crippen LogP contribution is 2.29. The molecule has 0 amide bonds. The van der Waals surface area contributed by atoms with Crippen LogP contribution in [0.3, 0.4) is 0 Å². The molecule has 6 nitrogen and oxygen atoms in total. The Balaban J connectivity index is 1.61. The number of carbonyl (C=O) groups excluding carboxylic acids is 2. The standard InChI is InChI=1S/C29H23FO6/c1-4-28(31)35-17-15-33-25-12-9-22(10-13-25)21-5-7-23(8-6-21)24-11-14-27(26(30)19-24)34-16-18-36-29(32)20(2)3/h4-19H,1-2H2,3H3. The highest BCUT2D eigenvalue weighted by atomic mass is 19.1. The molecule has 3 aromatic rings. The van der Waals surface area contributed by atoms with E-state index in [9.17, 15) is 14.0 Å². The van der Waals surface area contributed by atoms with Gasteiger partial charge in [-0.2, -0.15) is 0 Å². The average Bonchev–Trinajstić information content (AvgIpc) is 2.90. The first-order valence-corrected chi connectivity index (χ1v) is 10.7. The molecule has 0 N–H and O–H groups in total. The van der Waals surface area contributed by atoms with E-state index in [4.69, 9.17) is 14.2 Å². The fraction of sp³-hybridized carbons (Fsp3) is 0.0345. The van der Waals surface area contributed by atoms with Crippen molar-refractivity contribution >= 4 is 11.9 Å². The molecule has 7 heteroatoms.